The van der Waals surface area contributed by atoms with Crippen molar-refractivity contribution in [2.24, 2.45) is 10.7 Å². The number of furan rings is 1. The molecule has 6 nitrogen and oxygen atoms in total. The Hall–Kier alpha value is -2.03. The van der Waals surface area contributed by atoms with E-state index in [1.165, 1.54) is 5.56 Å². The maximum atomic E-state index is 11.0. The first kappa shape index (κ1) is 20.0. The smallest absolute Gasteiger partial charge is 0.284 e. The predicted octanol–water partition coefficient (Wildman–Crippen LogP) is 2.59. The molecule has 3 N–H and O–H groups in total. The number of carbonyl (C=O) groups is 1. The van der Waals surface area contributed by atoms with Gasteiger partial charge in [-0.3, -0.25) is 4.79 Å². The molecule has 0 atom stereocenters. The van der Waals surface area contributed by atoms with Gasteiger partial charge in [-0.05, 0) is 24.6 Å². The zero-order chi connectivity index (χ0) is 16.7. The number of benzene rings is 1. The van der Waals surface area contributed by atoms with Crippen LogP contribution in [0.3, 0.4) is 0 Å². The van der Waals surface area contributed by atoms with Crippen molar-refractivity contribution in [3.8, 4) is 0 Å². The summed E-state index contributed by atoms with van der Waals surface area (Å²) in [6, 6.07) is 13.5. The molecule has 1 aromatic heterocycles. The molecule has 0 saturated carbocycles. The number of amides is 1. The molecular weight excluding hydrogens is 419 g/mol. The van der Waals surface area contributed by atoms with Gasteiger partial charge < -0.3 is 20.4 Å². The summed E-state index contributed by atoms with van der Waals surface area (Å²) < 4.78 is 5.34. The lowest BCUT2D eigenvalue weighted by Crippen LogP contribution is -2.38. The monoisotopic (exact) mass is 442 g/mol. The molecule has 1 heterocycles. The molecule has 1 amide bonds. The van der Waals surface area contributed by atoms with Crippen molar-refractivity contribution < 1.29 is 9.21 Å². The number of hydrogen-bond donors (Lipinski definition) is 2. The average Bonchev–Trinajstić information content (AvgIpc) is 3.01. The third kappa shape index (κ3) is 5.88. The van der Waals surface area contributed by atoms with Crippen LogP contribution < -0.4 is 11.1 Å². The zero-order valence-electron chi connectivity index (χ0n) is 13.9. The second-order valence-electron chi connectivity index (χ2n) is 5.14. The lowest BCUT2D eigenvalue weighted by atomic mass is 10.2. The van der Waals surface area contributed by atoms with Gasteiger partial charge in [-0.15, -0.1) is 24.0 Å². The first-order valence-electron chi connectivity index (χ1n) is 7.52. The Kier molecular flexibility index (Phi) is 8.31. The van der Waals surface area contributed by atoms with Gasteiger partial charge in [0.05, 0.1) is 0 Å². The number of nitrogens with one attached hydrogen (secondary N) is 1. The number of nitrogens with zero attached hydrogens (tertiary/aromatic N) is 2. The van der Waals surface area contributed by atoms with E-state index >= 15 is 0 Å². The highest BCUT2D eigenvalue weighted by atomic mass is 127. The van der Waals surface area contributed by atoms with Crippen molar-refractivity contribution >= 4 is 35.8 Å². The van der Waals surface area contributed by atoms with Gasteiger partial charge >= 0.3 is 0 Å². The molecule has 0 fully saturated rings. The van der Waals surface area contributed by atoms with Crippen molar-refractivity contribution in [3.63, 3.8) is 0 Å². The third-order valence-corrected chi connectivity index (χ3v) is 3.25. The molecule has 24 heavy (non-hydrogen) atoms. The highest BCUT2D eigenvalue weighted by Gasteiger charge is 2.09. The summed E-state index contributed by atoms with van der Waals surface area (Å²) in [4.78, 5) is 17.6. The Bertz CT molecular complexity index is 670. The van der Waals surface area contributed by atoms with Gasteiger partial charge in [0.15, 0.2) is 11.7 Å². The number of aliphatic imine (C=N–C) groups is 1. The average molecular weight is 442 g/mol. The first-order valence-corrected chi connectivity index (χ1v) is 7.52. The Labute approximate surface area is 159 Å². The number of guanidine groups is 1. The van der Waals surface area contributed by atoms with Crippen LogP contribution in [0.25, 0.3) is 0 Å². The van der Waals surface area contributed by atoms with Crippen LogP contribution in [0, 0.1) is 0 Å². The van der Waals surface area contributed by atoms with Crippen molar-refractivity contribution in [1.29, 1.82) is 0 Å². The van der Waals surface area contributed by atoms with E-state index in [0.29, 0.717) is 12.3 Å². The number of primary amides is 1. The van der Waals surface area contributed by atoms with Gasteiger partial charge in [-0.2, -0.15) is 0 Å². The Morgan fingerprint density at radius 3 is 2.54 bits per heavy atom. The van der Waals surface area contributed by atoms with E-state index in [2.05, 4.69) is 22.4 Å². The molecular formula is C17H23IN4O2. The normalized spacial score (nSPS) is 10.8. The summed E-state index contributed by atoms with van der Waals surface area (Å²) in [6.45, 7) is 3.87. The minimum atomic E-state index is -0.576. The molecule has 2 aromatic rings. The number of nitrogens with two attached hydrogens (primary N) is 1. The van der Waals surface area contributed by atoms with Crippen molar-refractivity contribution in [1.82, 2.24) is 10.2 Å². The summed E-state index contributed by atoms with van der Waals surface area (Å²) in [5.41, 5.74) is 6.38. The maximum Gasteiger partial charge on any atom is 0.284 e. The van der Waals surface area contributed by atoms with Gasteiger partial charge in [-0.1, -0.05) is 30.3 Å². The quantitative estimate of drug-likeness (QED) is 0.409. The second kappa shape index (κ2) is 9.96. The zero-order valence-corrected chi connectivity index (χ0v) is 16.2. The SMILES string of the molecule is CCNC(=NCc1ccc(C(N)=O)o1)N(C)Cc1ccccc1.I. The Balaban J connectivity index is 0.00000288. The molecule has 130 valence electrons. The van der Waals surface area contributed by atoms with Gasteiger partial charge in [0.2, 0.25) is 0 Å². The topological polar surface area (TPSA) is 83.9 Å². The van der Waals surface area contributed by atoms with Gasteiger partial charge in [-0.25, -0.2) is 4.99 Å². The third-order valence-electron chi connectivity index (χ3n) is 3.25. The molecule has 0 aliphatic carbocycles. The lowest BCUT2D eigenvalue weighted by Gasteiger charge is -2.22. The Morgan fingerprint density at radius 2 is 1.96 bits per heavy atom. The van der Waals surface area contributed by atoms with Crippen LogP contribution in [-0.2, 0) is 13.1 Å². The van der Waals surface area contributed by atoms with E-state index in [-0.39, 0.29) is 29.7 Å². The standard InChI is InChI=1S/C17H22N4O2.HI/c1-3-19-17(21(2)12-13-7-5-4-6-8-13)20-11-14-9-10-15(23-14)16(18)22;/h4-10H,3,11-12H2,1-2H3,(H2,18,22)(H,19,20);1H. The van der Waals surface area contributed by atoms with Crippen molar-refractivity contribution in [2.75, 3.05) is 13.6 Å². The summed E-state index contributed by atoms with van der Waals surface area (Å²) in [6.07, 6.45) is 0. The van der Waals surface area contributed by atoms with Crippen molar-refractivity contribution in [3.05, 3.63) is 59.5 Å². The van der Waals surface area contributed by atoms with Crippen LogP contribution in [0.2, 0.25) is 0 Å². The highest BCUT2D eigenvalue weighted by molar-refractivity contribution is 14.0. The van der Waals surface area contributed by atoms with E-state index in [1.54, 1.807) is 12.1 Å². The molecule has 0 spiro atoms. The molecule has 0 bridgehead atoms. The number of carbonyl (C=O) groups excluding carboxylic acids is 1. The van der Waals surface area contributed by atoms with Crippen LogP contribution in [0.15, 0.2) is 51.9 Å². The molecule has 0 aliphatic rings. The molecule has 0 saturated heterocycles. The van der Waals surface area contributed by atoms with E-state index < -0.39 is 5.91 Å². The van der Waals surface area contributed by atoms with Crippen molar-refractivity contribution in [2.45, 2.75) is 20.0 Å². The fourth-order valence-corrected chi connectivity index (χ4v) is 2.15. The van der Waals surface area contributed by atoms with Crippen LogP contribution >= 0.6 is 24.0 Å². The second-order valence-corrected chi connectivity index (χ2v) is 5.14. The molecule has 7 heteroatoms. The fourth-order valence-electron chi connectivity index (χ4n) is 2.15. The van der Waals surface area contributed by atoms with Crippen LogP contribution in [-0.4, -0.2) is 30.4 Å². The molecule has 0 radical (unpaired) electrons. The van der Waals surface area contributed by atoms with Gasteiger partial charge in [0.1, 0.15) is 12.3 Å². The van der Waals surface area contributed by atoms with Crippen LogP contribution in [0.1, 0.15) is 28.8 Å². The highest BCUT2D eigenvalue weighted by Crippen LogP contribution is 2.09. The Morgan fingerprint density at radius 1 is 1.25 bits per heavy atom. The van der Waals surface area contributed by atoms with Crippen LogP contribution in [0.5, 0.6) is 0 Å². The summed E-state index contributed by atoms with van der Waals surface area (Å²) in [5.74, 6) is 0.946. The lowest BCUT2D eigenvalue weighted by molar-refractivity contribution is 0.0972. The fraction of sp³-hybridized carbons (Fsp3) is 0.294. The van der Waals surface area contributed by atoms with Gasteiger partial charge in [0, 0.05) is 20.1 Å². The molecule has 0 unspecified atom stereocenters. The van der Waals surface area contributed by atoms with E-state index in [0.717, 1.165) is 19.0 Å². The summed E-state index contributed by atoms with van der Waals surface area (Å²) in [7, 11) is 1.98. The number of hydrogen-bond acceptors (Lipinski definition) is 3. The first-order chi connectivity index (χ1) is 11.1. The summed E-state index contributed by atoms with van der Waals surface area (Å²) in [5, 5.41) is 3.25. The largest absolute Gasteiger partial charge is 0.454 e. The van der Waals surface area contributed by atoms with Gasteiger partial charge in [0.25, 0.3) is 5.91 Å². The molecule has 0 aliphatic heterocycles. The van der Waals surface area contributed by atoms with E-state index in [9.17, 15) is 4.79 Å². The van der Waals surface area contributed by atoms with E-state index in [1.807, 2.05) is 37.1 Å². The maximum absolute atomic E-state index is 11.0. The predicted molar refractivity (Wildman–Crippen MR) is 105 cm³/mol. The minimum Gasteiger partial charge on any atom is -0.454 e. The molecule has 1 aromatic carbocycles. The minimum absolute atomic E-state index is 0. The van der Waals surface area contributed by atoms with Crippen LogP contribution in [0.4, 0.5) is 0 Å². The molecule has 2 rings (SSSR count). The van der Waals surface area contributed by atoms with E-state index in [4.69, 9.17) is 10.2 Å². The number of halogens is 1. The number of rotatable bonds is 6. The summed E-state index contributed by atoms with van der Waals surface area (Å²) >= 11 is 0.